The third-order valence-electron chi connectivity index (χ3n) is 4.83. The van der Waals surface area contributed by atoms with Gasteiger partial charge in [0.2, 0.25) is 0 Å². The molecule has 6 nitrogen and oxygen atoms in total. The van der Waals surface area contributed by atoms with Crippen molar-refractivity contribution in [1.29, 1.82) is 0 Å². The molecule has 152 valence electrons. The van der Waals surface area contributed by atoms with E-state index in [1.165, 1.54) is 23.9 Å². The van der Waals surface area contributed by atoms with E-state index in [4.69, 9.17) is 4.42 Å². The highest BCUT2D eigenvalue weighted by atomic mass is 32.2. The van der Waals surface area contributed by atoms with Gasteiger partial charge in [0.15, 0.2) is 11.0 Å². The van der Waals surface area contributed by atoms with Crippen molar-refractivity contribution in [2.45, 2.75) is 30.8 Å². The van der Waals surface area contributed by atoms with Crippen molar-refractivity contribution in [1.82, 2.24) is 14.8 Å². The Bertz CT molecular complexity index is 1260. The maximum Gasteiger partial charge on any atom is 0.336 e. The SMILES string of the molecule is C=CCn1c(SCc2cc(=O)oc3cc(O)c(CC)cc23)nnc1-c1ccccc1. The van der Waals surface area contributed by atoms with Gasteiger partial charge in [-0.05, 0) is 23.6 Å². The van der Waals surface area contributed by atoms with Crippen LogP contribution in [0.3, 0.4) is 0 Å². The second-order valence-electron chi connectivity index (χ2n) is 6.78. The van der Waals surface area contributed by atoms with Crippen LogP contribution in [-0.4, -0.2) is 19.9 Å². The van der Waals surface area contributed by atoms with Crippen LogP contribution in [0.1, 0.15) is 18.1 Å². The van der Waals surface area contributed by atoms with E-state index in [-0.39, 0.29) is 5.75 Å². The van der Waals surface area contributed by atoms with Gasteiger partial charge in [0, 0.05) is 35.4 Å². The van der Waals surface area contributed by atoms with Gasteiger partial charge < -0.3 is 9.52 Å². The molecule has 30 heavy (non-hydrogen) atoms. The molecule has 4 aromatic rings. The van der Waals surface area contributed by atoms with Gasteiger partial charge in [-0.2, -0.15) is 0 Å². The number of thioether (sulfide) groups is 1. The smallest absolute Gasteiger partial charge is 0.336 e. The summed E-state index contributed by atoms with van der Waals surface area (Å²) in [5, 5.41) is 20.4. The van der Waals surface area contributed by atoms with Crippen LogP contribution in [0.25, 0.3) is 22.4 Å². The summed E-state index contributed by atoms with van der Waals surface area (Å²) in [5.41, 5.74) is 2.55. The van der Waals surface area contributed by atoms with Crippen LogP contribution in [0.4, 0.5) is 0 Å². The highest BCUT2D eigenvalue weighted by Crippen LogP contribution is 2.31. The quantitative estimate of drug-likeness (QED) is 0.263. The van der Waals surface area contributed by atoms with E-state index in [1.54, 1.807) is 0 Å². The third-order valence-corrected chi connectivity index (χ3v) is 5.84. The molecule has 0 bridgehead atoms. The molecule has 2 aromatic heterocycles. The van der Waals surface area contributed by atoms with E-state index in [0.29, 0.717) is 24.3 Å². The second kappa shape index (κ2) is 8.59. The highest BCUT2D eigenvalue weighted by Gasteiger charge is 2.15. The Hall–Kier alpha value is -3.32. The predicted octanol–water partition coefficient (Wildman–Crippen LogP) is 4.80. The number of benzene rings is 2. The Kier molecular flexibility index (Phi) is 5.72. The summed E-state index contributed by atoms with van der Waals surface area (Å²) < 4.78 is 7.29. The van der Waals surface area contributed by atoms with Crippen molar-refractivity contribution in [3.63, 3.8) is 0 Å². The fourth-order valence-corrected chi connectivity index (χ4v) is 4.28. The Labute approximate surface area is 177 Å². The number of fused-ring (bicyclic) bond motifs is 1. The van der Waals surface area contributed by atoms with Gasteiger partial charge in [-0.15, -0.1) is 16.8 Å². The van der Waals surface area contributed by atoms with Crippen molar-refractivity contribution < 1.29 is 9.52 Å². The number of hydrogen-bond acceptors (Lipinski definition) is 6. The lowest BCUT2D eigenvalue weighted by molar-refractivity contribution is 0.466. The van der Waals surface area contributed by atoms with E-state index in [9.17, 15) is 9.90 Å². The fraction of sp³-hybridized carbons (Fsp3) is 0.174. The predicted molar refractivity (Wildman–Crippen MR) is 119 cm³/mol. The monoisotopic (exact) mass is 419 g/mol. The molecular formula is C23H21N3O3S. The van der Waals surface area contributed by atoms with E-state index in [0.717, 1.165) is 33.1 Å². The number of rotatable bonds is 7. The number of hydrogen-bond donors (Lipinski definition) is 1. The maximum absolute atomic E-state index is 12.0. The molecular weight excluding hydrogens is 398 g/mol. The average Bonchev–Trinajstić information content (AvgIpc) is 3.15. The van der Waals surface area contributed by atoms with Crippen LogP contribution in [0, 0.1) is 0 Å². The Morgan fingerprint density at radius 3 is 2.70 bits per heavy atom. The molecule has 0 saturated carbocycles. The van der Waals surface area contributed by atoms with Crippen LogP contribution < -0.4 is 5.63 Å². The summed E-state index contributed by atoms with van der Waals surface area (Å²) in [6.07, 6.45) is 2.49. The van der Waals surface area contributed by atoms with E-state index < -0.39 is 5.63 Å². The lowest BCUT2D eigenvalue weighted by atomic mass is 10.1. The Balaban J connectivity index is 1.70. The first kappa shape index (κ1) is 20.0. The third kappa shape index (κ3) is 3.89. The van der Waals surface area contributed by atoms with Crippen LogP contribution >= 0.6 is 11.8 Å². The van der Waals surface area contributed by atoms with Crippen LogP contribution in [0.2, 0.25) is 0 Å². The van der Waals surface area contributed by atoms with E-state index in [1.807, 2.05) is 54.0 Å². The first-order valence-electron chi connectivity index (χ1n) is 9.61. The molecule has 0 atom stereocenters. The van der Waals surface area contributed by atoms with Crippen molar-refractivity contribution >= 4 is 22.7 Å². The molecule has 0 unspecified atom stereocenters. The number of aromatic hydroxyl groups is 1. The van der Waals surface area contributed by atoms with Gasteiger partial charge >= 0.3 is 5.63 Å². The van der Waals surface area contributed by atoms with Gasteiger partial charge in [0.1, 0.15) is 11.3 Å². The number of aryl methyl sites for hydroxylation is 1. The summed E-state index contributed by atoms with van der Waals surface area (Å²) in [6, 6.07) is 14.8. The summed E-state index contributed by atoms with van der Waals surface area (Å²) in [6.45, 7) is 6.39. The number of aromatic nitrogens is 3. The van der Waals surface area contributed by atoms with Crippen molar-refractivity contribution in [3.8, 4) is 17.1 Å². The fourth-order valence-electron chi connectivity index (χ4n) is 3.34. The van der Waals surface area contributed by atoms with Crippen molar-refractivity contribution in [2.24, 2.45) is 0 Å². The average molecular weight is 420 g/mol. The first-order chi connectivity index (χ1) is 14.6. The maximum atomic E-state index is 12.0. The van der Waals surface area contributed by atoms with Gasteiger partial charge in [-0.1, -0.05) is 55.1 Å². The zero-order chi connectivity index (χ0) is 21.1. The molecule has 0 aliphatic rings. The molecule has 0 spiro atoms. The van der Waals surface area contributed by atoms with Crippen LogP contribution in [0.15, 0.2) is 75.6 Å². The summed E-state index contributed by atoms with van der Waals surface area (Å²) in [7, 11) is 0. The second-order valence-corrected chi connectivity index (χ2v) is 7.72. The molecule has 7 heteroatoms. The standard InChI is InChI=1S/C23H21N3O3S/c1-3-10-26-22(16-8-6-5-7-9-16)24-25-23(26)30-14-17-12-21(28)29-20-13-19(27)15(4-2)11-18(17)20/h3,5-9,11-13,27H,1,4,10,14H2,2H3. The lowest BCUT2D eigenvalue weighted by Crippen LogP contribution is -2.02. The number of nitrogens with zero attached hydrogens (tertiary/aromatic N) is 3. The molecule has 2 heterocycles. The van der Waals surface area contributed by atoms with Crippen molar-refractivity contribution in [3.05, 3.63) is 82.7 Å². The van der Waals surface area contributed by atoms with E-state index in [2.05, 4.69) is 16.8 Å². The number of phenolic OH excluding ortho intramolecular Hbond substituents is 1. The first-order valence-corrected chi connectivity index (χ1v) is 10.6. The molecule has 2 aromatic carbocycles. The zero-order valence-electron chi connectivity index (χ0n) is 16.5. The van der Waals surface area contributed by atoms with Gasteiger partial charge in [-0.3, -0.25) is 4.57 Å². The molecule has 0 fully saturated rings. The minimum absolute atomic E-state index is 0.135. The summed E-state index contributed by atoms with van der Waals surface area (Å²) >= 11 is 1.50. The van der Waals surface area contributed by atoms with Gasteiger partial charge in [-0.25, -0.2) is 4.79 Å². The summed E-state index contributed by atoms with van der Waals surface area (Å²) in [4.78, 5) is 12.0. The van der Waals surface area contributed by atoms with Gasteiger partial charge in [0.05, 0.1) is 0 Å². The molecule has 0 aliphatic heterocycles. The molecule has 1 N–H and O–H groups in total. The van der Waals surface area contributed by atoms with Crippen LogP contribution in [0.5, 0.6) is 5.75 Å². The largest absolute Gasteiger partial charge is 0.508 e. The van der Waals surface area contributed by atoms with Gasteiger partial charge in [0.25, 0.3) is 0 Å². The Morgan fingerprint density at radius 2 is 1.97 bits per heavy atom. The molecule has 0 amide bonds. The lowest BCUT2D eigenvalue weighted by Gasteiger charge is -2.10. The minimum Gasteiger partial charge on any atom is -0.508 e. The minimum atomic E-state index is -0.445. The van der Waals surface area contributed by atoms with Crippen LogP contribution in [-0.2, 0) is 18.7 Å². The molecule has 4 rings (SSSR count). The summed E-state index contributed by atoms with van der Waals surface area (Å²) in [5.74, 6) is 1.42. The normalized spacial score (nSPS) is 11.1. The topological polar surface area (TPSA) is 81.2 Å². The molecule has 0 aliphatic carbocycles. The molecule has 0 saturated heterocycles. The zero-order valence-corrected chi connectivity index (χ0v) is 17.4. The highest BCUT2D eigenvalue weighted by molar-refractivity contribution is 7.98. The molecule has 0 radical (unpaired) electrons. The van der Waals surface area contributed by atoms with Crippen molar-refractivity contribution in [2.75, 3.05) is 0 Å². The van der Waals surface area contributed by atoms with E-state index >= 15 is 0 Å². The number of phenols is 1. The number of allylic oxidation sites excluding steroid dienone is 1. The Morgan fingerprint density at radius 1 is 1.17 bits per heavy atom.